The van der Waals surface area contributed by atoms with Crippen LogP contribution in [0.2, 0.25) is 0 Å². The summed E-state index contributed by atoms with van der Waals surface area (Å²) in [6.07, 6.45) is -7.44. The first-order valence-corrected chi connectivity index (χ1v) is 9.20. The molecule has 1 aromatic heterocycles. The van der Waals surface area contributed by atoms with Crippen molar-refractivity contribution in [3.63, 3.8) is 0 Å². The molecule has 11 heteroatoms. The van der Waals surface area contributed by atoms with Gasteiger partial charge in [0.1, 0.15) is 5.69 Å². The summed E-state index contributed by atoms with van der Waals surface area (Å²) < 4.78 is 88.2. The van der Waals surface area contributed by atoms with Crippen LogP contribution in [0.15, 0.2) is 59.5 Å². The molecule has 0 radical (unpaired) electrons. The van der Waals surface area contributed by atoms with Crippen LogP contribution in [-0.2, 0) is 16.2 Å². The maximum Gasteiger partial charge on any atom is 0.416 e. The highest BCUT2D eigenvalue weighted by molar-refractivity contribution is 7.89. The smallest absolute Gasteiger partial charge is 0.233 e. The highest BCUT2D eigenvalue weighted by atomic mass is 32.2. The van der Waals surface area contributed by atoms with Gasteiger partial charge in [0.25, 0.3) is 6.43 Å². The molecule has 0 atom stereocenters. The second-order valence-electron chi connectivity index (χ2n) is 5.78. The van der Waals surface area contributed by atoms with Crippen molar-refractivity contribution in [1.29, 1.82) is 0 Å². The van der Waals surface area contributed by atoms with Crippen molar-refractivity contribution in [2.24, 2.45) is 5.14 Å². The predicted octanol–water partition coefficient (Wildman–Crippen LogP) is 4.14. The SMILES string of the molecule is NS(=O)(=O)c1ccc(-n2nc(C(F)F)cc2-c2ccc(C(F)(F)F)cc2)cc1. The molecule has 0 unspecified atom stereocenters. The highest BCUT2D eigenvalue weighted by Crippen LogP contribution is 2.33. The molecule has 0 amide bonds. The third-order valence-corrected chi connectivity index (χ3v) is 4.80. The summed E-state index contributed by atoms with van der Waals surface area (Å²) in [6.45, 7) is 0. The lowest BCUT2D eigenvalue weighted by atomic mass is 10.1. The quantitative estimate of drug-likeness (QED) is 0.648. The fourth-order valence-corrected chi connectivity index (χ4v) is 3.03. The number of sulfonamides is 1. The number of nitrogens with two attached hydrogens (primary N) is 1. The van der Waals surface area contributed by atoms with E-state index in [4.69, 9.17) is 5.14 Å². The highest BCUT2D eigenvalue weighted by Gasteiger charge is 2.30. The number of hydrogen-bond donors (Lipinski definition) is 1. The summed E-state index contributed by atoms with van der Waals surface area (Å²) in [4.78, 5) is -0.187. The van der Waals surface area contributed by atoms with Crippen LogP contribution >= 0.6 is 0 Å². The van der Waals surface area contributed by atoms with E-state index in [1.54, 1.807) is 0 Å². The van der Waals surface area contributed by atoms with E-state index in [0.29, 0.717) is 0 Å². The maximum absolute atomic E-state index is 13.1. The van der Waals surface area contributed by atoms with Crippen LogP contribution in [0.5, 0.6) is 0 Å². The van der Waals surface area contributed by atoms with Gasteiger partial charge in [0.15, 0.2) is 0 Å². The lowest BCUT2D eigenvalue weighted by Gasteiger charge is -2.10. The Labute approximate surface area is 156 Å². The van der Waals surface area contributed by atoms with Crippen LogP contribution in [0.3, 0.4) is 0 Å². The number of nitrogens with zero attached hydrogens (tertiary/aromatic N) is 2. The van der Waals surface area contributed by atoms with Gasteiger partial charge in [-0.2, -0.15) is 18.3 Å². The van der Waals surface area contributed by atoms with E-state index in [1.807, 2.05) is 0 Å². The largest absolute Gasteiger partial charge is 0.416 e. The van der Waals surface area contributed by atoms with E-state index < -0.39 is 33.9 Å². The fraction of sp³-hybridized carbons (Fsp3) is 0.118. The van der Waals surface area contributed by atoms with Crippen LogP contribution in [-0.4, -0.2) is 18.2 Å². The third-order valence-electron chi connectivity index (χ3n) is 3.87. The Morgan fingerprint density at radius 2 is 1.54 bits per heavy atom. The molecule has 2 aromatic carbocycles. The van der Waals surface area contributed by atoms with Crippen molar-refractivity contribution < 1.29 is 30.4 Å². The summed E-state index contributed by atoms with van der Waals surface area (Å²) in [5.74, 6) is 0. The van der Waals surface area contributed by atoms with E-state index in [1.165, 1.54) is 24.3 Å². The Morgan fingerprint density at radius 1 is 0.964 bits per heavy atom. The molecule has 0 aliphatic carbocycles. The molecule has 0 fully saturated rings. The first-order valence-electron chi connectivity index (χ1n) is 7.66. The molecule has 3 rings (SSSR count). The summed E-state index contributed by atoms with van der Waals surface area (Å²) in [6, 6.07) is 9.95. The molecule has 0 aliphatic heterocycles. The van der Waals surface area contributed by atoms with Gasteiger partial charge < -0.3 is 0 Å². The molecular weight excluding hydrogens is 405 g/mol. The van der Waals surface area contributed by atoms with Gasteiger partial charge >= 0.3 is 6.18 Å². The molecule has 0 aliphatic rings. The van der Waals surface area contributed by atoms with Gasteiger partial charge in [-0.1, -0.05) is 12.1 Å². The van der Waals surface area contributed by atoms with Gasteiger partial charge in [-0.3, -0.25) is 0 Å². The predicted molar refractivity (Wildman–Crippen MR) is 90.3 cm³/mol. The van der Waals surface area contributed by atoms with Crippen molar-refractivity contribution >= 4 is 10.0 Å². The van der Waals surface area contributed by atoms with E-state index in [0.717, 1.165) is 35.0 Å². The number of primary sulfonamides is 1. The first-order chi connectivity index (χ1) is 13.0. The molecule has 1 heterocycles. The molecule has 3 aromatic rings. The summed E-state index contributed by atoms with van der Waals surface area (Å²) in [7, 11) is -3.95. The standard InChI is InChI=1S/C17H12F5N3O2S/c18-16(19)14-9-15(10-1-3-11(4-2-10)17(20,21)22)25(24-14)12-5-7-13(8-6-12)28(23,26)27/h1-9,16H,(H2,23,26,27). The van der Waals surface area contributed by atoms with Gasteiger partial charge in [0, 0.05) is 5.56 Å². The van der Waals surface area contributed by atoms with Crippen LogP contribution in [0.1, 0.15) is 17.7 Å². The van der Waals surface area contributed by atoms with Crippen LogP contribution in [0, 0.1) is 0 Å². The monoisotopic (exact) mass is 417 g/mol. The fourth-order valence-electron chi connectivity index (χ4n) is 2.52. The Bertz CT molecular complexity index is 1090. The molecule has 0 saturated heterocycles. The van der Waals surface area contributed by atoms with Crippen molar-refractivity contribution in [3.05, 3.63) is 65.9 Å². The topological polar surface area (TPSA) is 78.0 Å². The van der Waals surface area contributed by atoms with E-state index in [-0.39, 0.29) is 21.8 Å². The van der Waals surface area contributed by atoms with Crippen LogP contribution < -0.4 is 5.14 Å². The first kappa shape index (κ1) is 20.0. The van der Waals surface area contributed by atoms with Crippen molar-refractivity contribution in [2.45, 2.75) is 17.5 Å². The summed E-state index contributed by atoms with van der Waals surface area (Å²) in [5, 5.41) is 8.80. The van der Waals surface area contributed by atoms with Crippen molar-refractivity contribution in [1.82, 2.24) is 9.78 Å². The van der Waals surface area contributed by atoms with E-state index >= 15 is 0 Å². The molecule has 5 nitrogen and oxygen atoms in total. The zero-order chi connectivity index (χ0) is 20.7. The summed E-state index contributed by atoms with van der Waals surface area (Å²) >= 11 is 0. The molecule has 28 heavy (non-hydrogen) atoms. The molecule has 2 N–H and O–H groups in total. The van der Waals surface area contributed by atoms with Crippen LogP contribution in [0.4, 0.5) is 22.0 Å². The molecule has 0 saturated carbocycles. The van der Waals surface area contributed by atoms with Gasteiger partial charge in [-0.15, -0.1) is 0 Å². The molecular formula is C17H12F5N3O2S. The second kappa shape index (κ2) is 6.99. The van der Waals surface area contributed by atoms with Gasteiger partial charge in [-0.05, 0) is 42.5 Å². The number of hydrogen-bond acceptors (Lipinski definition) is 3. The Hall–Kier alpha value is -2.79. The normalized spacial score (nSPS) is 12.5. The molecule has 148 valence electrons. The van der Waals surface area contributed by atoms with Gasteiger partial charge in [0.2, 0.25) is 10.0 Å². The van der Waals surface area contributed by atoms with Crippen molar-refractivity contribution in [3.8, 4) is 16.9 Å². The number of rotatable bonds is 4. The number of halogens is 5. The summed E-state index contributed by atoms with van der Waals surface area (Å²) in [5.41, 5.74) is -0.885. The Kier molecular flexibility index (Phi) is 4.98. The zero-order valence-corrected chi connectivity index (χ0v) is 14.7. The minimum atomic E-state index is -4.53. The maximum atomic E-state index is 13.1. The lowest BCUT2D eigenvalue weighted by Crippen LogP contribution is -2.12. The minimum Gasteiger partial charge on any atom is -0.233 e. The van der Waals surface area contributed by atoms with Gasteiger partial charge in [-0.25, -0.2) is 27.0 Å². The average Bonchev–Trinajstić information content (AvgIpc) is 3.06. The molecule has 0 bridgehead atoms. The Morgan fingerprint density at radius 3 is 2.00 bits per heavy atom. The van der Waals surface area contributed by atoms with Gasteiger partial charge in [0.05, 0.1) is 21.8 Å². The van der Waals surface area contributed by atoms with E-state index in [9.17, 15) is 30.4 Å². The Balaban J connectivity index is 2.10. The average molecular weight is 417 g/mol. The second-order valence-corrected chi connectivity index (χ2v) is 7.34. The number of aromatic nitrogens is 2. The minimum absolute atomic E-state index is 0.118. The molecule has 0 spiro atoms. The van der Waals surface area contributed by atoms with E-state index in [2.05, 4.69) is 5.10 Å². The van der Waals surface area contributed by atoms with Crippen LogP contribution in [0.25, 0.3) is 16.9 Å². The van der Waals surface area contributed by atoms with Crippen molar-refractivity contribution in [2.75, 3.05) is 0 Å². The number of alkyl halides is 5. The zero-order valence-electron chi connectivity index (χ0n) is 13.9. The lowest BCUT2D eigenvalue weighted by molar-refractivity contribution is -0.137. The third kappa shape index (κ3) is 4.04. The number of benzene rings is 2.